The van der Waals surface area contributed by atoms with Crippen LogP contribution in [0.15, 0.2) is 18.2 Å². The quantitative estimate of drug-likeness (QED) is 0.683. The molecule has 1 fully saturated rings. The van der Waals surface area contributed by atoms with E-state index in [2.05, 4.69) is 0 Å². The first-order valence-electron chi connectivity index (χ1n) is 6.26. The van der Waals surface area contributed by atoms with Crippen molar-refractivity contribution in [3.8, 4) is 0 Å². The van der Waals surface area contributed by atoms with Crippen LogP contribution in [0.4, 0.5) is 0 Å². The van der Waals surface area contributed by atoms with Crippen molar-refractivity contribution >= 4 is 29.2 Å². The molecule has 1 aliphatic carbocycles. The molecule has 5 heteroatoms. The minimum absolute atomic E-state index is 0. The second-order valence-electron chi connectivity index (χ2n) is 4.82. The summed E-state index contributed by atoms with van der Waals surface area (Å²) in [6, 6.07) is 5.41. The van der Waals surface area contributed by atoms with Gasteiger partial charge in [-0.15, -0.1) is 11.6 Å². The molecule has 0 bridgehead atoms. The predicted octanol–water partition coefficient (Wildman–Crippen LogP) is 1.87. The molecular formula is C14H17Cl2NaO2. The summed E-state index contributed by atoms with van der Waals surface area (Å²) in [5.41, 5.74) is 1.68. The molecule has 0 radical (unpaired) electrons. The number of benzene rings is 1. The van der Waals surface area contributed by atoms with Gasteiger partial charge >= 0.3 is 35.5 Å². The van der Waals surface area contributed by atoms with Crippen molar-refractivity contribution in [2.45, 2.75) is 43.4 Å². The van der Waals surface area contributed by atoms with Gasteiger partial charge in [-0.05, 0) is 36.0 Å². The summed E-state index contributed by atoms with van der Waals surface area (Å²) >= 11 is 12.1. The number of alkyl halides is 1. The van der Waals surface area contributed by atoms with Crippen LogP contribution in [-0.2, 0) is 4.79 Å². The predicted molar refractivity (Wildman–Crippen MR) is 74.6 cm³/mol. The molecular weight excluding hydrogens is 294 g/mol. The molecule has 1 saturated carbocycles. The number of aliphatic carboxylic acids is 1. The van der Waals surface area contributed by atoms with Gasteiger partial charge in [-0.2, -0.15) is 0 Å². The molecule has 0 spiro atoms. The van der Waals surface area contributed by atoms with Crippen molar-refractivity contribution in [1.82, 2.24) is 0 Å². The molecule has 1 aromatic rings. The van der Waals surface area contributed by atoms with Crippen molar-refractivity contribution in [2.75, 3.05) is 0 Å². The second-order valence-corrected chi connectivity index (χ2v) is 5.66. The summed E-state index contributed by atoms with van der Waals surface area (Å²) in [5.74, 6) is -0.531. The molecule has 0 saturated heterocycles. The van der Waals surface area contributed by atoms with E-state index in [1.54, 1.807) is 12.1 Å². The Morgan fingerprint density at radius 3 is 2.47 bits per heavy atom. The molecule has 0 heterocycles. The normalized spacial score (nSPS) is 17.6. The maximum Gasteiger partial charge on any atom is 1.00 e. The van der Waals surface area contributed by atoms with Crippen LogP contribution in [-0.4, -0.2) is 11.1 Å². The molecule has 1 aliphatic rings. The Morgan fingerprint density at radius 2 is 1.95 bits per heavy atom. The first-order valence-corrected chi connectivity index (χ1v) is 7.07. The summed E-state index contributed by atoms with van der Waals surface area (Å²) < 4.78 is 0. The first-order chi connectivity index (χ1) is 8.59. The number of hydrogen-bond donors (Lipinski definition) is 1. The van der Waals surface area contributed by atoms with E-state index in [0.29, 0.717) is 16.5 Å². The van der Waals surface area contributed by atoms with Gasteiger partial charge in [-0.25, -0.2) is 0 Å². The molecule has 100 valence electrons. The van der Waals surface area contributed by atoms with E-state index in [4.69, 9.17) is 28.3 Å². The van der Waals surface area contributed by atoms with E-state index in [9.17, 15) is 4.79 Å². The minimum atomic E-state index is -1.04. The largest absolute Gasteiger partial charge is 1.00 e. The molecule has 2 rings (SSSR count). The van der Waals surface area contributed by atoms with Gasteiger partial charge in [0.25, 0.3) is 0 Å². The molecule has 0 aliphatic heterocycles. The van der Waals surface area contributed by atoms with E-state index < -0.39 is 11.3 Å². The van der Waals surface area contributed by atoms with Gasteiger partial charge in [0, 0.05) is 5.02 Å². The number of halogens is 2. The molecule has 0 amide bonds. The molecule has 1 N–H and O–H groups in total. The topological polar surface area (TPSA) is 37.3 Å². The average molecular weight is 311 g/mol. The number of hydrogen-bond acceptors (Lipinski definition) is 1. The van der Waals surface area contributed by atoms with E-state index in [1.807, 2.05) is 6.07 Å². The molecule has 2 nitrogen and oxygen atoms in total. The summed E-state index contributed by atoms with van der Waals surface area (Å²) in [4.78, 5) is 10.8. The van der Waals surface area contributed by atoms with Crippen molar-refractivity contribution < 1.29 is 40.9 Å². The Kier molecular flexibility index (Phi) is 7.20. The van der Waals surface area contributed by atoms with Crippen molar-refractivity contribution in [3.05, 3.63) is 34.3 Å². The molecule has 0 aromatic heterocycles. The summed E-state index contributed by atoms with van der Waals surface area (Å²) in [6.07, 6.45) is 6.13. The second kappa shape index (κ2) is 7.90. The zero-order valence-electron chi connectivity index (χ0n) is 12.0. The van der Waals surface area contributed by atoms with Crippen molar-refractivity contribution in [3.63, 3.8) is 0 Å². The van der Waals surface area contributed by atoms with E-state index >= 15 is 0 Å². The fourth-order valence-corrected chi connectivity index (χ4v) is 3.07. The van der Waals surface area contributed by atoms with Crippen LogP contribution in [0.1, 0.15) is 56.0 Å². The maximum absolute atomic E-state index is 10.8. The zero-order valence-corrected chi connectivity index (χ0v) is 14.5. The average Bonchev–Trinajstić information content (AvgIpc) is 2.38. The zero-order chi connectivity index (χ0) is 13.1. The first kappa shape index (κ1) is 17.3. The molecule has 1 aromatic carbocycles. The number of rotatable bonds is 3. The summed E-state index contributed by atoms with van der Waals surface area (Å²) in [7, 11) is 0. The summed E-state index contributed by atoms with van der Waals surface area (Å²) in [5, 5.41) is 8.49. The monoisotopic (exact) mass is 310 g/mol. The Balaban J connectivity index is 0.00000180. The Hall–Kier alpha value is 0.270. The van der Waals surface area contributed by atoms with Gasteiger partial charge in [-0.3, -0.25) is 4.79 Å². The van der Waals surface area contributed by atoms with E-state index in [1.165, 1.54) is 32.1 Å². The third-order valence-corrected chi connectivity index (χ3v) is 4.34. The number of carboxylic acid groups (broad SMARTS) is 1. The fraction of sp³-hybridized carbons (Fsp3) is 0.500. The molecule has 1 atom stereocenters. The van der Waals surface area contributed by atoms with E-state index in [-0.39, 0.29) is 31.0 Å². The van der Waals surface area contributed by atoms with Crippen LogP contribution in [0, 0.1) is 0 Å². The van der Waals surface area contributed by atoms with E-state index in [0.717, 1.165) is 5.56 Å². The smallest absolute Gasteiger partial charge is 1.00 e. The number of carboxylic acids is 1. The maximum atomic E-state index is 10.8. The van der Waals surface area contributed by atoms with Gasteiger partial charge in [0.05, 0.1) is 0 Å². The Bertz CT molecular complexity index is 451. The van der Waals surface area contributed by atoms with Crippen LogP contribution < -0.4 is 29.6 Å². The molecule has 1 unspecified atom stereocenters. The van der Waals surface area contributed by atoms with Gasteiger partial charge in [0.2, 0.25) is 0 Å². The SMILES string of the molecule is O=C(O)C(Cl)c1ccc(C2CCCCC2)c(Cl)c1.[H-].[Na+]. The standard InChI is InChI=1S/C14H16Cl2O2.Na.H/c15-12-8-10(13(16)14(17)18)6-7-11(12)9-4-2-1-3-5-9;;/h6-9,13H,1-5H2,(H,17,18);;/q;+1;-1. The van der Waals surface area contributed by atoms with Crippen LogP contribution in [0.25, 0.3) is 0 Å². The van der Waals surface area contributed by atoms with Crippen LogP contribution >= 0.6 is 23.2 Å². The minimum Gasteiger partial charge on any atom is -1.00 e. The van der Waals surface area contributed by atoms with Crippen molar-refractivity contribution in [1.29, 1.82) is 0 Å². The Morgan fingerprint density at radius 1 is 1.32 bits per heavy atom. The van der Waals surface area contributed by atoms with Gasteiger partial charge in [-0.1, -0.05) is 43.0 Å². The van der Waals surface area contributed by atoms with Crippen molar-refractivity contribution in [2.24, 2.45) is 0 Å². The van der Waals surface area contributed by atoms with Crippen LogP contribution in [0.5, 0.6) is 0 Å². The third-order valence-electron chi connectivity index (χ3n) is 3.58. The Labute approximate surface area is 147 Å². The summed E-state index contributed by atoms with van der Waals surface area (Å²) in [6.45, 7) is 0. The fourth-order valence-electron chi connectivity index (χ4n) is 2.59. The third kappa shape index (κ3) is 4.37. The van der Waals surface area contributed by atoms with Gasteiger partial charge in [0.15, 0.2) is 5.38 Å². The molecule has 19 heavy (non-hydrogen) atoms. The van der Waals surface area contributed by atoms with Gasteiger partial charge < -0.3 is 6.53 Å². The van der Waals surface area contributed by atoms with Crippen LogP contribution in [0.3, 0.4) is 0 Å². The van der Waals surface area contributed by atoms with Crippen LogP contribution in [0.2, 0.25) is 5.02 Å². The number of carbonyl (C=O) groups is 1. The van der Waals surface area contributed by atoms with Gasteiger partial charge in [0.1, 0.15) is 0 Å².